The number of hydrogen-bond donors (Lipinski definition) is 1. The smallest absolute Gasteiger partial charge is 0.350 e. The third-order valence-electron chi connectivity index (χ3n) is 4.60. The van der Waals surface area contributed by atoms with Gasteiger partial charge in [0, 0.05) is 13.0 Å². The lowest BCUT2D eigenvalue weighted by atomic mass is 10.2. The summed E-state index contributed by atoms with van der Waals surface area (Å²) >= 11 is 0. The Labute approximate surface area is 161 Å². The zero-order chi connectivity index (χ0) is 19.0. The quantitative estimate of drug-likeness (QED) is 0.373. The maximum Gasteiger partial charge on any atom is 0.350 e. The second-order valence-electron chi connectivity index (χ2n) is 6.43. The summed E-state index contributed by atoms with van der Waals surface area (Å²) in [4.78, 5) is 12.8. The fourth-order valence-electron chi connectivity index (χ4n) is 3.30. The van der Waals surface area contributed by atoms with E-state index in [4.69, 9.17) is 9.53 Å². The molecule has 0 aromatic heterocycles. The highest BCUT2D eigenvalue weighted by Gasteiger charge is 2.45. The van der Waals surface area contributed by atoms with Crippen LogP contribution in [0.25, 0.3) is 0 Å². The molecule has 3 nitrogen and oxygen atoms in total. The predicted molar refractivity (Wildman–Crippen MR) is 111 cm³/mol. The average Bonchev–Trinajstić information content (AvgIpc) is 2.74. The van der Waals surface area contributed by atoms with E-state index in [1.807, 2.05) is 91.0 Å². The molecule has 138 valence electrons. The predicted octanol–water partition coefficient (Wildman–Crippen LogP) is 2.36. The SMILES string of the molecule is O=C(CCCCO)O[Si](c1ccccc1)(c1ccccc1)c1ccccc1. The van der Waals surface area contributed by atoms with Crippen molar-refractivity contribution < 1.29 is 14.3 Å². The summed E-state index contributed by atoms with van der Waals surface area (Å²) in [5.41, 5.74) is 0. The molecule has 3 rings (SSSR count). The van der Waals surface area contributed by atoms with Crippen LogP contribution in [-0.2, 0) is 9.22 Å². The van der Waals surface area contributed by atoms with Crippen molar-refractivity contribution in [3.05, 3.63) is 91.0 Å². The van der Waals surface area contributed by atoms with Gasteiger partial charge in [0.1, 0.15) is 0 Å². The van der Waals surface area contributed by atoms with E-state index in [2.05, 4.69) is 0 Å². The Hall–Kier alpha value is -2.69. The zero-order valence-electron chi connectivity index (χ0n) is 15.3. The Morgan fingerprint density at radius 2 is 1.11 bits per heavy atom. The van der Waals surface area contributed by atoms with Crippen LogP contribution >= 0.6 is 0 Å². The molecule has 27 heavy (non-hydrogen) atoms. The van der Waals surface area contributed by atoms with Crippen LogP contribution in [0.5, 0.6) is 0 Å². The maximum absolute atomic E-state index is 12.8. The first-order chi connectivity index (χ1) is 13.3. The lowest BCUT2D eigenvalue weighted by Gasteiger charge is -2.32. The Morgan fingerprint density at radius 1 is 0.704 bits per heavy atom. The molecule has 0 aliphatic carbocycles. The second kappa shape index (κ2) is 9.30. The standard InChI is InChI=1S/C23H24O3Si/c24-19-11-10-18-23(25)26-27(20-12-4-1-5-13-20,21-14-6-2-7-15-21)22-16-8-3-9-17-22/h1-9,12-17,24H,10-11,18-19H2. The summed E-state index contributed by atoms with van der Waals surface area (Å²) in [6.45, 7) is 0.0892. The third kappa shape index (κ3) is 4.35. The van der Waals surface area contributed by atoms with Crippen molar-refractivity contribution in [1.82, 2.24) is 0 Å². The van der Waals surface area contributed by atoms with E-state index in [1.54, 1.807) is 0 Å². The normalized spacial score (nSPS) is 11.1. The fraction of sp³-hybridized carbons (Fsp3) is 0.174. The molecule has 0 unspecified atom stereocenters. The minimum Gasteiger partial charge on any atom is -0.506 e. The first kappa shape index (κ1) is 19.1. The Bertz CT molecular complexity index is 739. The summed E-state index contributed by atoms with van der Waals surface area (Å²) in [6, 6.07) is 30.1. The highest BCUT2D eigenvalue weighted by atomic mass is 28.4. The van der Waals surface area contributed by atoms with Gasteiger partial charge in [0.15, 0.2) is 0 Å². The molecule has 0 radical (unpaired) electrons. The minimum atomic E-state index is -2.96. The molecule has 0 atom stereocenters. The molecule has 0 heterocycles. The van der Waals surface area contributed by atoms with Crippen molar-refractivity contribution in [2.24, 2.45) is 0 Å². The largest absolute Gasteiger partial charge is 0.506 e. The molecule has 0 amide bonds. The van der Waals surface area contributed by atoms with Crippen LogP contribution in [0.15, 0.2) is 91.0 Å². The van der Waals surface area contributed by atoms with Gasteiger partial charge in [-0.3, -0.25) is 4.79 Å². The fourth-order valence-corrected chi connectivity index (χ4v) is 7.08. The summed E-state index contributed by atoms with van der Waals surface area (Å²) in [7, 11) is -2.96. The van der Waals surface area contributed by atoms with E-state index in [0.29, 0.717) is 19.3 Å². The van der Waals surface area contributed by atoms with Crippen molar-refractivity contribution in [3.63, 3.8) is 0 Å². The molecule has 0 aliphatic rings. The molecule has 3 aromatic rings. The van der Waals surface area contributed by atoms with E-state index in [-0.39, 0.29) is 12.6 Å². The van der Waals surface area contributed by atoms with Crippen LogP contribution < -0.4 is 15.6 Å². The van der Waals surface area contributed by atoms with Crippen LogP contribution in [0.3, 0.4) is 0 Å². The van der Waals surface area contributed by atoms with Crippen LogP contribution in [0.2, 0.25) is 0 Å². The molecule has 4 heteroatoms. The molecule has 0 fully saturated rings. The summed E-state index contributed by atoms with van der Waals surface area (Å²) in [5.74, 6) is -0.216. The minimum absolute atomic E-state index is 0.0892. The van der Waals surface area contributed by atoms with Crippen LogP contribution in [0.4, 0.5) is 0 Å². The first-order valence-corrected chi connectivity index (χ1v) is 11.2. The van der Waals surface area contributed by atoms with E-state index < -0.39 is 8.32 Å². The van der Waals surface area contributed by atoms with Crippen molar-refractivity contribution in [1.29, 1.82) is 0 Å². The molecular weight excluding hydrogens is 352 g/mol. The molecule has 0 aliphatic heterocycles. The number of rotatable bonds is 8. The van der Waals surface area contributed by atoms with Gasteiger partial charge < -0.3 is 9.53 Å². The zero-order valence-corrected chi connectivity index (χ0v) is 16.3. The molecule has 1 N–H and O–H groups in total. The molecule has 3 aromatic carbocycles. The van der Waals surface area contributed by atoms with Crippen LogP contribution in [0.1, 0.15) is 19.3 Å². The van der Waals surface area contributed by atoms with Crippen LogP contribution in [0, 0.1) is 0 Å². The monoisotopic (exact) mass is 376 g/mol. The highest BCUT2D eigenvalue weighted by Crippen LogP contribution is 2.12. The van der Waals surface area contributed by atoms with Crippen LogP contribution in [-0.4, -0.2) is 26.0 Å². The Morgan fingerprint density at radius 3 is 1.48 bits per heavy atom. The van der Waals surface area contributed by atoms with Gasteiger partial charge in [-0.15, -0.1) is 0 Å². The molecule has 0 saturated carbocycles. The van der Waals surface area contributed by atoms with Gasteiger partial charge >= 0.3 is 8.32 Å². The number of aliphatic hydroxyl groups excluding tert-OH is 1. The summed E-state index contributed by atoms with van der Waals surface area (Å²) in [5, 5.41) is 12.1. The highest BCUT2D eigenvalue weighted by molar-refractivity contribution is 7.07. The van der Waals surface area contributed by atoms with Gasteiger partial charge in [-0.25, -0.2) is 0 Å². The third-order valence-corrected chi connectivity index (χ3v) is 8.57. The van der Waals surface area contributed by atoms with E-state index in [1.165, 1.54) is 0 Å². The number of unbranched alkanes of at least 4 members (excludes halogenated alkanes) is 1. The molecule has 0 saturated heterocycles. The van der Waals surface area contributed by atoms with Crippen molar-refractivity contribution in [2.45, 2.75) is 19.3 Å². The molecule has 0 bridgehead atoms. The topological polar surface area (TPSA) is 46.5 Å². The van der Waals surface area contributed by atoms with Crippen molar-refractivity contribution in [2.75, 3.05) is 6.61 Å². The first-order valence-electron chi connectivity index (χ1n) is 9.26. The lowest BCUT2D eigenvalue weighted by molar-refractivity contribution is -0.134. The lowest BCUT2D eigenvalue weighted by Crippen LogP contribution is -2.70. The van der Waals surface area contributed by atoms with Gasteiger partial charge in [-0.05, 0) is 28.4 Å². The number of benzene rings is 3. The van der Waals surface area contributed by atoms with E-state index in [9.17, 15) is 4.79 Å². The Balaban J connectivity index is 2.12. The summed E-state index contributed by atoms with van der Waals surface area (Å²) in [6.07, 6.45) is 1.53. The van der Waals surface area contributed by atoms with E-state index in [0.717, 1.165) is 15.6 Å². The molecule has 0 spiro atoms. The van der Waals surface area contributed by atoms with E-state index >= 15 is 0 Å². The van der Waals surface area contributed by atoms with Gasteiger partial charge in [0.2, 0.25) is 0 Å². The number of carbonyl (C=O) groups excluding carboxylic acids is 1. The van der Waals surface area contributed by atoms with Gasteiger partial charge in [-0.2, -0.15) is 0 Å². The van der Waals surface area contributed by atoms with Gasteiger partial charge in [0.05, 0.1) is 0 Å². The number of carbonyl (C=O) groups is 1. The number of aliphatic hydroxyl groups is 1. The average molecular weight is 377 g/mol. The van der Waals surface area contributed by atoms with Crippen molar-refractivity contribution >= 4 is 29.8 Å². The van der Waals surface area contributed by atoms with Gasteiger partial charge in [0.25, 0.3) is 5.97 Å². The maximum atomic E-state index is 12.8. The van der Waals surface area contributed by atoms with Gasteiger partial charge in [-0.1, -0.05) is 91.0 Å². The Kier molecular flexibility index (Phi) is 6.57. The number of hydrogen-bond acceptors (Lipinski definition) is 3. The molecular formula is C23H24O3Si. The second-order valence-corrected chi connectivity index (χ2v) is 9.73. The van der Waals surface area contributed by atoms with Crippen molar-refractivity contribution in [3.8, 4) is 0 Å². The summed E-state index contributed by atoms with van der Waals surface area (Å²) < 4.78 is 6.36.